The zero-order chi connectivity index (χ0) is 16.2. The van der Waals surface area contributed by atoms with Gasteiger partial charge in [-0.2, -0.15) is 4.31 Å². The number of benzene rings is 1. The van der Waals surface area contributed by atoms with Crippen LogP contribution in [0.1, 0.15) is 24.0 Å². The number of nitrogens with zero attached hydrogens (tertiary/aromatic N) is 1. The monoisotopic (exact) mass is 326 g/mol. The minimum Gasteiger partial charge on any atom is -0.380 e. The fourth-order valence-corrected chi connectivity index (χ4v) is 3.83. The number of carbonyl (C=O) groups excluding carboxylic acids is 1. The molecular formula is C15H22N2O4S. The summed E-state index contributed by atoms with van der Waals surface area (Å²) in [5.41, 5.74) is 2.00. The van der Waals surface area contributed by atoms with Crippen LogP contribution in [0.2, 0.25) is 0 Å². The van der Waals surface area contributed by atoms with Crippen molar-refractivity contribution < 1.29 is 17.9 Å². The Morgan fingerprint density at radius 1 is 1.41 bits per heavy atom. The van der Waals surface area contributed by atoms with Crippen molar-refractivity contribution in [3.05, 3.63) is 35.4 Å². The fraction of sp³-hybridized carbons (Fsp3) is 0.533. The Balaban J connectivity index is 1.96. The van der Waals surface area contributed by atoms with Crippen molar-refractivity contribution >= 4 is 15.9 Å². The van der Waals surface area contributed by atoms with Crippen molar-refractivity contribution in [2.45, 2.75) is 32.0 Å². The van der Waals surface area contributed by atoms with Crippen molar-refractivity contribution in [3.63, 3.8) is 0 Å². The van der Waals surface area contributed by atoms with Gasteiger partial charge in [0.05, 0.1) is 12.9 Å². The molecule has 0 aliphatic carbocycles. The highest BCUT2D eigenvalue weighted by atomic mass is 32.2. The average molecular weight is 326 g/mol. The van der Waals surface area contributed by atoms with Gasteiger partial charge in [0, 0.05) is 20.2 Å². The van der Waals surface area contributed by atoms with Gasteiger partial charge in [-0.15, -0.1) is 0 Å². The molecule has 1 aliphatic rings. The molecule has 0 spiro atoms. The maximum Gasteiger partial charge on any atom is 0.238 e. The lowest BCUT2D eigenvalue weighted by Gasteiger charge is -2.21. The quantitative estimate of drug-likeness (QED) is 0.842. The van der Waals surface area contributed by atoms with Crippen molar-refractivity contribution in [3.8, 4) is 0 Å². The Bertz CT molecular complexity index is 630. The summed E-state index contributed by atoms with van der Waals surface area (Å²) < 4.78 is 29.7. The van der Waals surface area contributed by atoms with Crippen LogP contribution in [-0.4, -0.2) is 44.6 Å². The Kier molecular flexibility index (Phi) is 5.55. The number of methoxy groups -OCH3 is 1. The van der Waals surface area contributed by atoms with E-state index < -0.39 is 16.1 Å². The molecule has 2 rings (SSSR count). The first-order valence-corrected chi connectivity index (χ1v) is 9.08. The lowest BCUT2D eigenvalue weighted by atomic mass is 10.1. The molecule has 1 amide bonds. The number of rotatable bonds is 6. The zero-order valence-electron chi connectivity index (χ0n) is 12.9. The van der Waals surface area contributed by atoms with Crippen LogP contribution in [0.5, 0.6) is 0 Å². The zero-order valence-corrected chi connectivity index (χ0v) is 13.7. The first-order chi connectivity index (χ1) is 10.4. The van der Waals surface area contributed by atoms with Gasteiger partial charge in [-0.1, -0.05) is 24.3 Å². The number of hydrogen-bond donors (Lipinski definition) is 1. The van der Waals surface area contributed by atoms with Crippen LogP contribution >= 0.6 is 0 Å². The summed E-state index contributed by atoms with van der Waals surface area (Å²) >= 11 is 0. The minimum absolute atomic E-state index is 0.236. The highest BCUT2D eigenvalue weighted by molar-refractivity contribution is 7.88. The van der Waals surface area contributed by atoms with Crippen LogP contribution in [0.15, 0.2) is 24.3 Å². The molecule has 6 nitrogen and oxygen atoms in total. The minimum atomic E-state index is -3.34. The molecule has 0 aromatic heterocycles. The van der Waals surface area contributed by atoms with Crippen LogP contribution < -0.4 is 5.32 Å². The lowest BCUT2D eigenvalue weighted by Crippen LogP contribution is -2.45. The number of sulfonamides is 1. The van der Waals surface area contributed by atoms with Gasteiger partial charge >= 0.3 is 0 Å². The third-order valence-electron chi connectivity index (χ3n) is 3.70. The van der Waals surface area contributed by atoms with E-state index in [0.717, 1.165) is 17.4 Å². The Hall–Kier alpha value is -1.44. The largest absolute Gasteiger partial charge is 0.380 e. The SMILES string of the molecule is COCc1cccc(CNC(=O)C2CCCN2S(C)(=O)=O)c1. The van der Waals surface area contributed by atoms with Crippen LogP contribution in [0.3, 0.4) is 0 Å². The number of amides is 1. The maximum atomic E-state index is 12.2. The molecule has 1 aliphatic heterocycles. The number of hydrogen-bond acceptors (Lipinski definition) is 4. The Labute approximate surface area is 131 Å². The second-order valence-corrected chi connectivity index (χ2v) is 7.44. The summed E-state index contributed by atoms with van der Waals surface area (Å²) in [4.78, 5) is 12.2. The molecule has 1 unspecified atom stereocenters. The molecule has 22 heavy (non-hydrogen) atoms. The molecule has 0 bridgehead atoms. The molecule has 1 heterocycles. The average Bonchev–Trinajstić information content (AvgIpc) is 2.95. The number of ether oxygens (including phenoxy) is 1. The summed E-state index contributed by atoms with van der Waals surface area (Å²) in [7, 11) is -1.70. The molecule has 122 valence electrons. The smallest absolute Gasteiger partial charge is 0.238 e. The van der Waals surface area contributed by atoms with Gasteiger partial charge in [-0.3, -0.25) is 4.79 Å². The van der Waals surface area contributed by atoms with E-state index in [-0.39, 0.29) is 5.91 Å². The Morgan fingerprint density at radius 3 is 2.82 bits per heavy atom. The van der Waals surface area contributed by atoms with Gasteiger partial charge in [0.15, 0.2) is 0 Å². The molecule has 1 atom stereocenters. The fourth-order valence-electron chi connectivity index (χ4n) is 2.70. The molecule has 1 N–H and O–H groups in total. The van der Waals surface area contributed by atoms with E-state index in [2.05, 4.69) is 5.32 Å². The molecule has 1 aromatic rings. The summed E-state index contributed by atoms with van der Waals surface area (Å²) in [5, 5.41) is 2.83. The molecule has 0 radical (unpaired) electrons. The van der Waals surface area contributed by atoms with Crippen LogP contribution in [0.4, 0.5) is 0 Å². The molecular weight excluding hydrogens is 304 g/mol. The number of nitrogens with one attached hydrogen (secondary N) is 1. The predicted octanol–water partition coefficient (Wildman–Crippen LogP) is 0.873. The van der Waals surface area contributed by atoms with Crippen LogP contribution in [0, 0.1) is 0 Å². The highest BCUT2D eigenvalue weighted by Crippen LogP contribution is 2.20. The van der Waals surface area contributed by atoms with E-state index in [9.17, 15) is 13.2 Å². The standard InChI is InChI=1S/C15H22N2O4S/c1-21-11-13-6-3-5-12(9-13)10-16-15(18)14-7-4-8-17(14)22(2,19)20/h3,5-6,9,14H,4,7-8,10-11H2,1-2H3,(H,16,18). The van der Waals surface area contributed by atoms with Gasteiger partial charge < -0.3 is 10.1 Å². The van der Waals surface area contributed by atoms with E-state index in [1.807, 2.05) is 24.3 Å². The van der Waals surface area contributed by atoms with E-state index in [4.69, 9.17) is 4.74 Å². The van der Waals surface area contributed by atoms with E-state index >= 15 is 0 Å². The van der Waals surface area contributed by atoms with E-state index in [1.165, 1.54) is 4.31 Å². The molecule has 7 heteroatoms. The lowest BCUT2D eigenvalue weighted by molar-refractivity contribution is -0.124. The van der Waals surface area contributed by atoms with Crippen molar-refractivity contribution in [2.75, 3.05) is 19.9 Å². The van der Waals surface area contributed by atoms with Crippen molar-refractivity contribution in [1.82, 2.24) is 9.62 Å². The molecule has 1 aromatic carbocycles. The summed E-state index contributed by atoms with van der Waals surface area (Å²) in [6.07, 6.45) is 2.43. The van der Waals surface area contributed by atoms with Gasteiger partial charge in [0.2, 0.25) is 15.9 Å². The molecule has 0 saturated carbocycles. The molecule has 1 fully saturated rings. The topological polar surface area (TPSA) is 75.7 Å². The summed E-state index contributed by atoms with van der Waals surface area (Å²) in [6.45, 7) is 1.32. The summed E-state index contributed by atoms with van der Waals surface area (Å²) in [5.74, 6) is -0.236. The second kappa shape index (κ2) is 7.21. The highest BCUT2D eigenvalue weighted by Gasteiger charge is 2.36. The maximum absolute atomic E-state index is 12.2. The van der Waals surface area contributed by atoms with E-state index in [1.54, 1.807) is 7.11 Å². The third kappa shape index (κ3) is 4.28. The van der Waals surface area contributed by atoms with Crippen LogP contribution in [0.25, 0.3) is 0 Å². The molecule has 1 saturated heterocycles. The van der Waals surface area contributed by atoms with Crippen molar-refractivity contribution in [2.24, 2.45) is 0 Å². The van der Waals surface area contributed by atoms with Gasteiger partial charge in [-0.25, -0.2) is 8.42 Å². The van der Waals surface area contributed by atoms with Gasteiger partial charge in [0.1, 0.15) is 6.04 Å². The van der Waals surface area contributed by atoms with E-state index in [0.29, 0.717) is 32.5 Å². The Morgan fingerprint density at radius 2 is 2.14 bits per heavy atom. The summed E-state index contributed by atoms with van der Waals surface area (Å²) in [6, 6.07) is 7.16. The van der Waals surface area contributed by atoms with Gasteiger partial charge in [0.25, 0.3) is 0 Å². The van der Waals surface area contributed by atoms with Crippen molar-refractivity contribution in [1.29, 1.82) is 0 Å². The van der Waals surface area contributed by atoms with Crippen LogP contribution in [-0.2, 0) is 32.7 Å². The normalized spacial score (nSPS) is 19.3. The number of carbonyl (C=O) groups is 1. The first kappa shape index (κ1) is 16.9. The predicted molar refractivity (Wildman–Crippen MR) is 83.6 cm³/mol. The first-order valence-electron chi connectivity index (χ1n) is 7.23. The van der Waals surface area contributed by atoms with Gasteiger partial charge in [-0.05, 0) is 24.0 Å². The third-order valence-corrected chi connectivity index (χ3v) is 4.99. The second-order valence-electron chi connectivity index (χ2n) is 5.50.